The molecule has 2 aromatic rings. The van der Waals surface area contributed by atoms with Gasteiger partial charge in [0.25, 0.3) is 5.91 Å². The summed E-state index contributed by atoms with van der Waals surface area (Å²) in [4.78, 5) is 11.1. The molecule has 0 atom stereocenters. The second-order valence-electron chi connectivity index (χ2n) is 3.51. The molecule has 0 saturated heterocycles. The molecule has 0 aliphatic carbocycles. The lowest BCUT2D eigenvalue weighted by atomic mass is 10.1. The van der Waals surface area contributed by atoms with Gasteiger partial charge in [0, 0.05) is 6.42 Å². The summed E-state index contributed by atoms with van der Waals surface area (Å²) < 4.78 is 5.06. The van der Waals surface area contributed by atoms with Gasteiger partial charge in [-0.3, -0.25) is 4.79 Å². The number of rotatable bonds is 4. The maximum atomic E-state index is 11.1. The van der Waals surface area contributed by atoms with Gasteiger partial charge >= 0.3 is 0 Å². The Labute approximate surface area is 97.8 Å². The van der Waals surface area contributed by atoms with E-state index in [2.05, 4.69) is 15.4 Å². The van der Waals surface area contributed by atoms with Crippen molar-refractivity contribution in [3.8, 4) is 5.75 Å². The highest BCUT2D eigenvalue weighted by Gasteiger charge is 2.13. The number of aromatic amines is 1. The number of nitrogens with one attached hydrogen (secondary N) is 1. The summed E-state index contributed by atoms with van der Waals surface area (Å²) in [6.07, 6.45) is 0.499. The van der Waals surface area contributed by atoms with E-state index in [1.807, 2.05) is 24.3 Å². The third-order valence-electron chi connectivity index (χ3n) is 2.38. The minimum Gasteiger partial charge on any atom is -0.497 e. The molecule has 1 amide bonds. The van der Waals surface area contributed by atoms with Crippen molar-refractivity contribution in [2.75, 3.05) is 7.11 Å². The first kappa shape index (κ1) is 11.1. The van der Waals surface area contributed by atoms with Gasteiger partial charge in [-0.1, -0.05) is 12.1 Å². The van der Waals surface area contributed by atoms with Crippen molar-refractivity contribution in [1.82, 2.24) is 15.4 Å². The Balaban J connectivity index is 2.19. The zero-order chi connectivity index (χ0) is 12.3. The van der Waals surface area contributed by atoms with Crippen LogP contribution in [0.2, 0.25) is 0 Å². The summed E-state index contributed by atoms with van der Waals surface area (Å²) in [6.45, 7) is 0. The smallest absolute Gasteiger partial charge is 0.271 e. The minimum absolute atomic E-state index is 0.181. The van der Waals surface area contributed by atoms with Gasteiger partial charge in [-0.15, -0.1) is 0 Å². The molecule has 17 heavy (non-hydrogen) atoms. The molecule has 88 valence electrons. The zero-order valence-electron chi connectivity index (χ0n) is 9.30. The highest BCUT2D eigenvalue weighted by atomic mass is 16.5. The van der Waals surface area contributed by atoms with Gasteiger partial charge in [0.15, 0.2) is 5.69 Å². The van der Waals surface area contributed by atoms with Gasteiger partial charge in [0.05, 0.1) is 12.8 Å². The molecule has 0 saturated carbocycles. The van der Waals surface area contributed by atoms with Crippen molar-refractivity contribution in [3.63, 3.8) is 0 Å². The number of benzene rings is 1. The van der Waals surface area contributed by atoms with Gasteiger partial charge in [-0.2, -0.15) is 15.4 Å². The van der Waals surface area contributed by atoms with Crippen molar-refractivity contribution in [1.29, 1.82) is 0 Å². The van der Waals surface area contributed by atoms with E-state index in [9.17, 15) is 4.79 Å². The second kappa shape index (κ2) is 4.65. The average Bonchev–Trinajstić information content (AvgIpc) is 2.78. The number of nitrogens with zero attached hydrogens (tertiary/aromatic N) is 2. The molecule has 6 heteroatoms. The fourth-order valence-corrected chi connectivity index (χ4v) is 1.51. The fourth-order valence-electron chi connectivity index (χ4n) is 1.51. The highest BCUT2D eigenvalue weighted by molar-refractivity contribution is 5.91. The van der Waals surface area contributed by atoms with Crippen molar-refractivity contribution >= 4 is 5.91 Å². The molecular formula is C11H12N4O2. The molecule has 3 N–H and O–H groups in total. The molecule has 0 unspecified atom stereocenters. The number of nitrogens with two attached hydrogens (primary N) is 1. The van der Waals surface area contributed by atoms with E-state index in [-0.39, 0.29) is 5.69 Å². The highest BCUT2D eigenvalue weighted by Crippen LogP contribution is 2.14. The molecule has 0 radical (unpaired) electrons. The van der Waals surface area contributed by atoms with E-state index in [4.69, 9.17) is 10.5 Å². The Bertz CT molecular complexity index is 519. The minimum atomic E-state index is -0.581. The number of H-pyrrole nitrogens is 1. The Morgan fingerprint density at radius 2 is 2.06 bits per heavy atom. The molecule has 1 aromatic carbocycles. The molecule has 0 aliphatic heterocycles. The summed E-state index contributed by atoms with van der Waals surface area (Å²) in [5.41, 5.74) is 6.90. The van der Waals surface area contributed by atoms with Gasteiger partial charge in [0.2, 0.25) is 0 Å². The van der Waals surface area contributed by atoms with Crippen LogP contribution in [0.4, 0.5) is 0 Å². The van der Waals surface area contributed by atoms with Crippen molar-refractivity contribution < 1.29 is 9.53 Å². The van der Waals surface area contributed by atoms with Crippen LogP contribution >= 0.6 is 0 Å². The molecule has 0 aliphatic rings. The van der Waals surface area contributed by atoms with Gasteiger partial charge in [-0.05, 0) is 17.7 Å². The lowest BCUT2D eigenvalue weighted by molar-refractivity contribution is 0.0994. The third-order valence-corrected chi connectivity index (χ3v) is 2.38. The maximum Gasteiger partial charge on any atom is 0.271 e. The van der Waals surface area contributed by atoms with Crippen LogP contribution in [0, 0.1) is 0 Å². The lowest BCUT2D eigenvalue weighted by Crippen LogP contribution is -2.14. The van der Waals surface area contributed by atoms with E-state index in [1.54, 1.807) is 7.11 Å². The van der Waals surface area contributed by atoms with Crippen LogP contribution in [0.15, 0.2) is 24.3 Å². The van der Waals surface area contributed by atoms with Crippen molar-refractivity contribution in [3.05, 3.63) is 41.2 Å². The van der Waals surface area contributed by atoms with Gasteiger partial charge in [0.1, 0.15) is 5.75 Å². The first-order valence-corrected chi connectivity index (χ1v) is 5.03. The third kappa shape index (κ3) is 2.41. The molecule has 2 rings (SSSR count). The number of methoxy groups -OCH3 is 1. The Morgan fingerprint density at radius 3 is 2.65 bits per heavy atom. The summed E-state index contributed by atoms with van der Waals surface area (Å²) in [7, 11) is 1.61. The molecule has 0 bridgehead atoms. The number of hydrogen-bond donors (Lipinski definition) is 2. The predicted molar refractivity (Wildman–Crippen MR) is 60.7 cm³/mol. The quantitative estimate of drug-likeness (QED) is 0.802. The van der Waals surface area contributed by atoms with Crippen LogP contribution in [0.25, 0.3) is 0 Å². The molecule has 1 aromatic heterocycles. The number of hydrogen-bond acceptors (Lipinski definition) is 4. The molecule has 0 spiro atoms. The Kier molecular flexibility index (Phi) is 3.04. The summed E-state index contributed by atoms with van der Waals surface area (Å²) in [5, 5.41) is 10.0. The number of ether oxygens (including phenoxy) is 1. The summed E-state index contributed by atoms with van der Waals surface area (Å²) >= 11 is 0. The standard InChI is InChI=1S/C11H12N4O2/c1-17-8-4-2-7(3-5-8)6-9-10(11(12)16)14-15-13-9/h2-5H,6H2,1H3,(H2,12,16)(H,13,14,15). The summed E-state index contributed by atoms with van der Waals surface area (Å²) in [6, 6.07) is 7.50. The normalized spacial score (nSPS) is 10.2. The van der Waals surface area contributed by atoms with Crippen LogP contribution in [0.1, 0.15) is 21.7 Å². The second-order valence-corrected chi connectivity index (χ2v) is 3.51. The van der Waals surface area contributed by atoms with Gasteiger partial charge < -0.3 is 10.5 Å². The predicted octanol–water partition coefficient (Wildman–Crippen LogP) is 0.503. The number of aromatic nitrogens is 3. The number of primary amides is 1. The number of carbonyl (C=O) groups is 1. The van der Waals surface area contributed by atoms with E-state index < -0.39 is 5.91 Å². The topological polar surface area (TPSA) is 93.9 Å². The monoisotopic (exact) mass is 232 g/mol. The van der Waals surface area contributed by atoms with Crippen molar-refractivity contribution in [2.45, 2.75) is 6.42 Å². The lowest BCUT2D eigenvalue weighted by Gasteiger charge is -2.02. The number of amides is 1. The SMILES string of the molecule is COc1ccc(Cc2n[nH]nc2C(N)=O)cc1. The van der Waals surface area contributed by atoms with E-state index in [0.717, 1.165) is 11.3 Å². The number of carbonyl (C=O) groups excluding carboxylic acids is 1. The van der Waals surface area contributed by atoms with Crippen LogP contribution in [-0.4, -0.2) is 28.4 Å². The largest absolute Gasteiger partial charge is 0.497 e. The Morgan fingerprint density at radius 1 is 1.35 bits per heavy atom. The molecular weight excluding hydrogens is 220 g/mol. The van der Waals surface area contributed by atoms with Crippen LogP contribution < -0.4 is 10.5 Å². The fraction of sp³-hybridized carbons (Fsp3) is 0.182. The van der Waals surface area contributed by atoms with Crippen LogP contribution in [0.3, 0.4) is 0 Å². The van der Waals surface area contributed by atoms with Crippen LogP contribution in [-0.2, 0) is 6.42 Å². The zero-order valence-corrected chi connectivity index (χ0v) is 9.30. The van der Waals surface area contributed by atoms with Gasteiger partial charge in [-0.25, -0.2) is 0 Å². The average molecular weight is 232 g/mol. The first-order valence-electron chi connectivity index (χ1n) is 5.03. The van der Waals surface area contributed by atoms with E-state index in [1.165, 1.54) is 0 Å². The Hall–Kier alpha value is -2.37. The molecule has 6 nitrogen and oxygen atoms in total. The molecule has 0 fully saturated rings. The first-order chi connectivity index (χ1) is 8.20. The van der Waals surface area contributed by atoms with Crippen LogP contribution in [0.5, 0.6) is 5.75 Å². The summed E-state index contributed by atoms with van der Waals surface area (Å²) in [5.74, 6) is 0.200. The van der Waals surface area contributed by atoms with E-state index in [0.29, 0.717) is 12.1 Å². The van der Waals surface area contributed by atoms with Crippen molar-refractivity contribution in [2.24, 2.45) is 5.73 Å². The molecule has 1 heterocycles. The van der Waals surface area contributed by atoms with E-state index >= 15 is 0 Å². The maximum absolute atomic E-state index is 11.1.